The van der Waals surface area contributed by atoms with Crippen LogP contribution in [-0.4, -0.2) is 40.3 Å². The highest BCUT2D eigenvalue weighted by Crippen LogP contribution is 2.17. The van der Waals surface area contributed by atoms with Crippen LogP contribution in [0.25, 0.3) is 5.69 Å². The molecule has 0 saturated carbocycles. The third-order valence-corrected chi connectivity index (χ3v) is 5.38. The van der Waals surface area contributed by atoms with Crippen molar-refractivity contribution in [1.82, 2.24) is 20.2 Å². The first kappa shape index (κ1) is 18.0. The van der Waals surface area contributed by atoms with Crippen LogP contribution in [0.1, 0.15) is 5.82 Å². The molecule has 0 aliphatic heterocycles. The van der Waals surface area contributed by atoms with Crippen molar-refractivity contribution in [2.24, 2.45) is 0 Å². The third kappa shape index (κ3) is 4.06. The maximum Gasteiger partial charge on any atom is 0.239 e. The molecule has 8 nitrogen and oxygen atoms in total. The topological polar surface area (TPSA) is 107 Å². The van der Waals surface area contributed by atoms with Gasteiger partial charge >= 0.3 is 0 Å². The van der Waals surface area contributed by atoms with Crippen molar-refractivity contribution in [3.05, 3.63) is 59.4 Å². The molecule has 2 aromatic carbocycles. The smallest absolute Gasteiger partial charge is 0.239 e. The van der Waals surface area contributed by atoms with Gasteiger partial charge in [0.25, 0.3) is 0 Å². The number of carbonyl (C=O) groups is 1. The molecule has 0 atom stereocenters. The minimum absolute atomic E-state index is 0.0371. The summed E-state index contributed by atoms with van der Waals surface area (Å²) in [6.45, 7) is 1.74. The predicted octanol–water partition coefficient (Wildman–Crippen LogP) is 2.04. The van der Waals surface area contributed by atoms with Gasteiger partial charge in [0.2, 0.25) is 5.91 Å². The van der Waals surface area contributed by atoms with Gasteiger partial charge in [-0.05, 0) is 59.8 Å². The highest BCUT2D eigenvalue weighted by atomic mass is 35.5. The Labute approximate surface area is 154 Å². The van der Waals surface area contributed by atoms with Gasteiger partial charge in [0.15, 0.2) is 15.7 Å². The maximum atomic E-state index is 12.3. The highest BCUT2D eigenvalue weighted by Gasteiger charge is 2.19. The zero-order chi connectivity index (χ0) is 18.7. The second-order valence-corrected chi connectivity index (χ2v) is 7.88. The predicted molar refractivity (Wildman–Crippen MR) is 96.0 cm³/mol. The number of halogens is 1. The lowest BCUT2D eigenvalue weighted by atomic mass is 10.2. The number of anilines is 1. The van der Waals surface area contributed by atoms with Crippen molar-refractivity contribution in [3.63, 3.8) is 0 Å². The van der Waals surface area contributed by atoms with Crippen molar-refractivity contribution in [3.8, 4) is 5.69 Å². The SMILES string of the molecule is Cc1nnnn1-c1cccc(NC(=O)CS(=O)(=O)c2ccc(Cl)cc2)c1. The number of aromatic nitrogens is 4. The van der Waals surface area contributed by atoms with Crippen LogP contribution >= 0.6 is 11.6 Å². The number of carbonyl (C=O) groups excluding carboxylic acids is 1. The third-order valence-electron chi connectivity index (χ3n) is 3.49. The van der Waals surface area contributed by atoms with E-state index in [-0.39, 0.29) is 4.90 Å². The molecule has 0 aliphatic carbocycles. The van der Waals surface area contributed by atoms with Gasteiger partial charge in [0.05, 0.1) is 10.6 Å². The van der Waals surface area contributed by atoms with E-state index in [1.165, 1.54) is 28.9 Å². The second-order valence-electron chi connectivity index (χ2n) is 5.45. The molecule has 0 saturated heterocycles. The molecule has 1 aromatic heterocycles. The van der Waals surface area contributed by atoms with E-state index in [0.717, 1.165) is 0 Å². The molecule has 0 fully saturated rings. The van der Waals surface area contributed by atoms with Gasteiger partial charge in [-0.2, -0.15) is 4.68 Å². The zero-order valence-corrected chi connectivity index (χ0v) is 15.2. The Morgan fingerprint density at radius 2 is 1.92 bits per heavy atom. The molecule has 0 unspecified atom stereocenters. The van der Waals surface area contributed by atoms with Gasteiger partial charge < -0.3 is 5.32 Å². The molecule has 0 bridgehead atoms. The van der Waals surface area contributed by atoms with Gasteiger partial charge in [-0.15, -0.1) is 5.10 Å². The van der Waals surface area contributed by atoms with Gasteiger partial charge in [-0.1, -0.05) is 17.7 Å². The number of amides is 1. The molecule has 26 heavy (non-hydrogen) atoms. The summed E-state index contributed by atoms with van der Waals surface area (Å²) in [6, 6.07) is 12.4. The van der Waals surface area contributed by atoms with Crippen molar-refractivity contribution in [1.29, 1.82) is 0 Å². The Balaban J connectivity index is 1.74. The summed E-state index contributed by atoms with van der Waals surface area (Å²) >= 11 is 5.75. The largest absolute Gasteiger partial charge is 0.325 e. The molecule has 10 heteroatoms. The molecule has 1 heterocycles. The summed E-state index contributed by atoms with van der Waals surface area (Å²) in [5.41, 5.74) is 1.08. The van der Waals surface area contributed by atoms with E-state index < -0.39 is 21.5 Å². The highest BCUT2D eigenvalue weighted by molar-refractivity contribution is 7.92. The summed E-state index contributed by atoms with van der Waals surface area (Å²) in [7, 11) is -3.76. The minimum atomic E-state index is -3.76. The van der Waals surface area contributed by atoms with Crippen LogP contribution in [0, 0.1) is 6.92 Å². The maximum absolute atomic E-state index is 12.3. The number of hydrogen-bond donors (Lipinski definition) is 1. The van der Waals surface area contributed by atoms with E-state index in [1.54, 1.807) is 31.2 Å². The quantitative estimate of drug-likeness (QED) is 0.713. The zero-order valence-electron chi connectivity index (χ0n) is 13.6. The fourth-order valence-electron chi connectivity index (χ4n) is 2.28. The van der Waals surface area contributed by atoms with Gasteiger partial charge in [0, 0.05) is 10.7 Å². The van der Waals surface area contributed by atoms with Crippen LogP contribution < -0.4 is 5.32 Å². The molecule has 1 amide bonds. The fourth-order valence-corrected chi connectivity index (χ4v) is 3.54. The molecule has 3 aromatic rings. The molecule has 0 radical (unpaired) electrons. The number of nitrogens with one attached hydrogen (secondary N) is 1. The van der Waals surface area contributed by atoms with E-state index in [4.69, 9.17) is 11.6 Å². The number of sulfone groups is 1. The Bertz CT molecular complexity index is 1050. The van der Waals surface area contributed by atoms with Crippen molar-refractivity contribution < 1.29 is 13.2 Å². The van der Waals surface area contributed by atoms with E-state index in [1.807, 2.05) is 0 Å². The van der Waals surface area contributed by atoms with Gasteiger partial charge in [0.1, 0.15) is 5.75 Å². The van der Waals surface area contributed by atoms with Crippen molar-refractivity contribution >= 4 is 33.0 Å². The van der Waals surface area contributed by atoms with Crippen LogP contribution in [0.15, 0.2) is 53.4 Å². The molecule has 1 N–H and O–H groups in total. The van der Waals surface area contributed by atoms with Crippen LogP contribution in [0.3, 0.4) is 0 Å². The number of tetrazole rings is 1. The number of hydrogen-bond acceptors (Lipinski definition) is 6. The number of nitrogens with zero attached hydrogens (tertiary/aromatic N) is 4. The number of benzene rings is 2. The van der Waals surface area contributed by atoms with Crippen molar-refractivity contribution in [2.75, 3.05) is 11.1 Å². The lowest BCUT2D eigenvalue weighted by Gasteiger charge is -2.08. The lowest BCUT2D eigenvalue weighted by molar-refractivity contribution is -0.113. The average Bonchev–Trinajstić information content (AvgIpc) is 3.01. The number of aryl methyl sites for hydroxylation is 1. The molecule has 0 spiro atoms. The van der Waals surface area contributed by atoms with Crippen LogP contribution in [0.2, 0.25) is 5.02 Å². The number of rotatable bonds is 5. The minimum Gasteiger partial charge on any atom is -0.325 e. The molecule has 134 valence electrons. The van der Waals surface area contributed by atoms with E-state index in [0.29, 0.717) is 22.2 Å². The van der Waals surface area contributed by atoms with Gasteiger partial charge in [-0.3, -0.25) is 4.79 Å². The lowest BCUT2D eigenvalue weighted by Crippen LogP contribution is -2.23. The standard InChI is InChI=1S/C16H14ClN5O3S/c1-11-19-20-21-22(11)14-4-2-3-13(9-14)18-16(23)10-26(24,25)15-7-5-12(17)6-8-15/h2-9H,10H2,1H3,(H,18,23). The summed E-state index contributed by atoms with van der Waals surface area (Å²) in [5, 5.41) is 14.2. The summed E-state index contributed by atoms with van der Waals surface area (Å²) < 4.78 is 26.1. The Hall–Kier alpha value is -2.78. The average molecular weight is 392 g/mol. The van der Waals surface area contributed by atoms with Crippen LogP contribution in [-0.2, 0) is 14.6 Å². The second kappa shape index (κ2) is 7.22. The van der Waals surface area contributed by atoms with Crippen LogP contribution in [0.4, 0.5) is 5.69 Å². The first-order valence-corrected chi connectivity index (χ1v) is 9.52. The molecular weight excluding hydrogens is 378 g/mol. The summed E-state index contributed by atoms with van der Waals surface area (Å²) in [5.74, 6) is -0.743. The fraction of sp³-hybridized carbons (Fsp3) is 0.125. The first-order valence-electron chi connectivity index (χ1n) is 7.49. The van der Waals surface area contributed by atoms with E-state index in [9.17, 15) is 13.2 Å². The monoisotopic (exact) mass is 391 g/mol. The Morgan fingerprint density at radius 1 is 1.19 bits per heavy atom. The summed E-state index contributed by atoms with van der Waals surface area (Å²) in [6.07, 6.45) is 0. The van der Waals surface area contributed by atoms with E-state index >= 15 is 0 Å². The van der Waals surface area contributed by atoms with E-state index in [2.05, 4.69) is 20.8 Å². The Kier molecular flexibility index (Phi) is 5.01. The molecule has 0 aliphatic rings. The van der Waals surface area contributed by atoms with Gasteiger partial charge in [-0.25, -0.2) is 8.42 Å². The molecule has 3 rings (SSSR count). The normalized spacial score (nSPS) is 11.3. The first-order chi connectivity index (χ1) is 12.3. The summed E-state index contributed by atoms with van der Waals surface area (Å²) in [4.78, 5) is 12.2. The van der Waals surface area contributed by atoms with Crippen molar-refractivity contribution in [2.45, 2.75) is 11.8 Å². The Morgan fingerprint density at radius 3 is 2.58 bits per heavy atom. The van der Waals surface area contributed by atoms with Crippen LogP contribution in [0.5, 0.6) is 0 Å². The molecular formula is C16H14ClN5O3S.